The molecule has 0 aliphatic heterocycles. The first-order valence-corrected chi connectivity index (χ1v) is 8.42. The molecule has 0 unspecified atom stereocenters. The van der Waals surface area contributed by atoms with Gasteiger partial charge in [0.05, 0.1) is 11.2 Å². The molecule has 0 saturated carbocycles. The summed E-state index contributed by atoms with van der Waals surface area (Å²) in [4.78, 5) is 15.7. The van der Waals surface area contributed by atoms with Crippen molar-refractivity contribution in [3.05, 3.63) is 41.0 Å². The largest absolute Gasteiger partial charge is 0.484 e. The van der Waals surface area contributed by atoms with Crippen LogP contribution in [0.15, 0.2) is 29.0 Å². The van der Waals surface area contributed by atoms with Crippen molar-refractivity contribution in [3.63, 3.8) is 0 Å². The molecule has 1 amide bonds. The Balaban J connectivity index is 1.82. The maximum absolute atomic E-state index is 11.8. The highest BCUT2D eigenvalue weighted by Gasteiger charge is 2.12. The standard InChI is InChI=1S/C14H16ClN3O3S/c1-22-4-2-3-17-14(19)13-6-12(21-18-13)9-20-11-5-10(15)7-16-8-11/h5-8H,2-4,9H2,1H3,(H,17,19). The van der Waals surface area contributed by atoms with Gasteiger partial charge in [0.25, 0.3) is 5.91 Å². The first-order valence-electron chi connectivity index (χ1n) is 6.65. The fourth-order valence-electron chi connectivity index (χ4n) is 1.62. The minimum Gasteiger partial charge on any atom is -0.484 e. The molecule has 0 bridgehead atoms. The molecule has 0 aliphatic carbocycles. The summed E-state index contributed by atoms with van der Waals surface area (Å²) in [5.41, 5.74) is 0.243. The second-order valence-corrected chi connectivity index (χ2v) is 5.83. The molecule has 0 aliphatic rings. The summed E-state index contributed by atoms with van der Waals surface area (Å²) >= 11 is 7.55. The maximum atomic E-state index is 11.8. The van der Waals surface area contributed by atoms with Gasteiger partial charge in [0.15, 0.2) is 11.5 Å². The van der Waals surface area contributed by atoms with Crippen LogP contribution in [0.2, 0.25) is 5.02 Å². The summed E-state index contributed by atoms with van der Waals surface area (Å²) in [6, 6.07) is 3.20. The van der Waals surface area contributed by atoms with Gasteiger partial charge < -0.3 is 14.6 Å². The number of carbonyl (C=O) groups is 1. The molecule has 0 fully saturated rings. The third kappa shape index (κ3) is 5.23. The zero-order valence-corrected chi connectivity index (χ0v) is 13.6. The predicted molar refractivity (Wildman–Crippen MR) is 85.4 cm³/mol. The highest BCUT2D eigenvalue weighted by atomic mass is 35.5. The van der Waals surface area contributed by atoms with Gasteiger partial charge in [0, 0.05) is 24.9 Å². The van der Waals surface area contributed by atoms with Crippen LogP contribution in [0.5, 0.6) is 5.75 Å². The SMILES string of the molecule is CSCCCNC(=O)c1cc(COc2cncc(Cl)c2)on1. The Kier molecular flexibility index (Phi) is 6.54. The molecule has 118 valence electrons. The Morgan fingerprint density at radius 3 is 3.09 bits per heavy atom. The number of carbonyl (C=O) groups excluding carboxylic acids is 1. The normalized spacial score (nSPS) is 10.5. The van der Waals surface area contributed by atoms with Crippen LogP contribution >= 0.6 is 23.4 Å². The van der Waals surface area contributed by atoms with Crippen molar-refractivity contribution in [2.24, 2.45) is 0 Å². The number of pyridine rings is 1. The summed E-state index contributed by atoms with van der Waals surface area (Å²) in [5.74, 6) is 1.73. The van der Waals surface area contributed by atoms with Crippen LogP contribution in [0.25, 0.3) is 0 Å². The van der Waals surface area contributed by atoms with Gasteiger partial charge >= 0.3 is 0 Å². The Labute approximate surface area is 137 Å². The molecule has 2 heterocycles. The Morgan fingerprint density at radius 1 is 1.45 bits per heavy atom. The summed E-state index contributed by atoms with van der Waals surface area (Å²) in [5, 5.41) is 7.00. The van der Waals surface area contributed by atoms with E-state index in [0.29, 0.717) is 23.1 Å². The summed E-state index contributed by atoms with van der Waals surface area (Å²) in [6.45, 7) is 0.765. The third-order valence-electron chi connectivity index (χ3n) is 2.66. The van der Waals surface area contributed by atoms with Gasteiger partial charge in [-0.1, -0.05) is 16.8 Å². The van der Waals surface area contributed by atoms with E-state index in [1.165, 1.54) is 6.20 Å². The number of nitrogens with one attached hydrogen (secondary N) is 1. The maximum Gasteiger partial charge on any atom is 0.273 e. The van der Waals surface area contributed by atoms with Crippen LogP contribution in [0.3, 0.4) is 0 Å². The molecule has 6 nitrogen and oxygen atoms in total. The van der Waals surface area contributed by atoms with Gasteiger partial charge in [-0.25, -0.2) is 0 Å². The first-order chi connectivity index (χ1) is 10.7. The van der Waals surface area contributed by atoms with Crippen LogP contribution < -0.4 is 10.1 Å². The van der Waals surface area contributed by atoms with E-state index in [0.717, 1.165) is 12.2 Å². The van der Waals surface area contributed by atoms with Crippen LogP contribution in [-0.4, -0.2) is 34.6 Å². The molecule has 0 radical (unpaired) electrons. The second-order valence-electron chi connectivity index (χ2n) is 4.41. The van der Waals surface area contributed by atoms with Crippen molar-refractivity contribution in [2.45, 2.75) is 13.0 Å². The highest BCUT2D eigenvalue weighted by Crippen LogP contribution is 2.16. The van der Waals surface area contributed by atoms with Crippen LogP contribution in [0, 0.1) is 0 Å². The molecule has 0 aromatic carbocycles. The Morgan fingerprint density at radius 2 is 2.32 bits per heavy atom. The van der Waals surface area contributed by atoms with Crippen molar-refractivity contribution in [2.75, 3.05) is 18.6 Å². The van der Waals surface area contributed by atoms with Crippen molar-refractivity contribution < 1.29 is 14.1 Å². The quantitative estimate of drug-likeness (QED) is 0.744. The lowest BCUT2D eigenvalue weighted by Gasteiger charge is -2.02. The lowest BCUT2D eigenvalue weighted by atomic mass is 10.3. The molecule has 1 N–H and O–H groups in total. The van der Waals surface area contributed by atoms with E-state index in [-0.39, 0.29) is 18.2 Å². The fraction of sp³-hybridized carbons (Fsp3) is 0.357. The van der Waals surface area contributed by atoms with Crippen molar-refractivity contribution in [1.29, 1.82) is 0 Å². The van der Waals surface area contributed by atoms with Gasteiger partial charge in [0.2, 0.25) is 0 Å². The molecule has 2 rings (SSSR count). The lowest BCUT2D eigenvalue weighted by Crippen LogP contribution is -2.25. The van der Waals surface area contributed by atoms with Crippen molar-refractivity contribution >= 4 is 29.3 Å². The molecule has 2 aromatic heterocycles. The van der Waals surface area contributed by atoms with Gasteiger partial charge in [-0.3, -0.25) is 9.78 Å². The fourth-order valence-corrected chi connectivity index (χ4v) is 2.22. The van der Waals surface area contributed by atoms with E-state index in [1.54, 1.807) is 30.1 Å². The number of aromatic nitrogens is 2. The average molecular weight is 342 g/mol. The van der Waals surface area contributed by atoms with Crippen molar-refractivity contribution in [3.8, 4) is 5.75 Å². The van der Waals surface area contributed by atoms with E-state index in [9.17, 15) is 4.79 Å². The van der Waals surface area contributed by atoms with Crippen LogP contribution in [0.4, 0.5) is 0 Å². The predicted octanol–water partition coefficient (Wildman–Crippen LogP) is 2.78. The van der Waals surface area contributed by atoms with E-state index in [1.807, 2.05) is 6.26 Å². The molecule has 0 atom stereocenters. The zero-order valence-electron chi connectivity index (χ0n) is 12.0. The number of nitrogens with zero attached hydrogens (tertiary/aromatic N) is 2. The van der Waals surface area contributed by atoms with E-state index >= 15 is 0 Å². The topological polar surface area (TPSA) is 77.2 Å². The highest BCUT2D eigenvalue weighted by molar-refractivity contribution is 7.98. The van der Waals surface area contributed by atoms with E-state index < -0.39 is 0 Å². The number of thioether (sulfide) groups is 1. The average Bonchev–Trinajstić information content (AvgIpc) is 2.98. The molecule has 0 saturated heterocycles. The van der Waals surface area contributed by atoms with Gasteiger partial charge in [-0.05, 0) is 18.4 Å². The molecule has 2 aromatic rings. The van der Waals surface area contributed by atoms with Gasteiger partial charge in [0.1, 0.15) is 12.4 Å². The third-order valence-corrected chi connectivity index (χ3v) is 3.57. The first kappa shape index (κ1) is 16.6. The van der Waals surface area contributed by atoms with Crippen molar-refractivity contribution in [1.82, 2.24) is 15.5 Å². The number of hydrogen-bond acceptors (Lipinski definition) is 6. The smallest absolute Gasteiger partial charge is 0.273 e. The Bertz CT molecular complexity index is 621. The van der Waals surface area contributed by atoms with E-state index in [2.05, 4.69) is 15.5 Å². The van der Waals surface area contributed by atoms with Gasteiger partial charge in [-0.15, -0.1) is 0 Å². The number of hydrogen-bond donors (Lipinski definition) is 1. The minimum absolute atomic E-state index is 0.148. The zero-order chi connectivity index (χ0) is 15.8. The molecule has 22 heavy (non-hydrogen) atoms. The minimum atomic E-state index is -0.250. The summed E-state index contributed by atoms with van der Waals surface area (Å²) in [6.07, 6.45) is 6.01. The second kappa shape index (κ2) is 8.65. The van der Waals surface area contributed by atoms with Crippen LogP contribution in [0.1, 0.15) is 22.7 Å². The lowest BCUT2D eigenvalue weighted by molar-refractivity contribution is 0.0944. The molecule has 0 spiro atoms. The number of halogens is 1. The molecular weight excluding hydrogens is 326 g/mol. The summed E-state index contributed by atoms with van der Waals surface area (Å²) in [7, 11) is 0. The number of amides is 1. The van der Waals surface area contributed by atoms with Gasteiger partial charge in [-0.2, -0.15) is 11.8 Å². The molecule has 8 heteroatoms. The number of rotatable bonds is 8. The van der Waals surface area contributed by atoms with E-state index in [4.69, 9.17) is 20.9 Å². The number of ether oxygens (including phenoxy) is 1. The molecular formula is C14H16ClN3O3S. The van der Waals surface area contributed by atoms with Crippen LogP contribution in [-0.2, 0) is 6.61 Å². The summed E-state index contributed by atoms with van der Waals surface area (Å²) < 4.78 is 10.5. The Hall–Kier alpha value is -1.73. The monoisotopic (exact) mass is 341 g/mol.